The van der Waals surface area contributed by atoms with Gasteiger partial charge >= 0.3 is 0 Å². The molecule has 2 unspecified atom stereocenters. The molecule has 63 heavy (non-hydrogen) atoms. The average molecular weight is 972 g/mol. The van der Waals surface area contributed by atoms with Gasteiger partial charge in [-0.3, -0.25) is 28.1 Å². The van der Waals surface area contributed by atoms with Gasteiger partial charge in [-0.1, -0.05) is 76.8 Å². The SMILES string of the molecule is CCCCCCCC/C=C/CCCC(=O)SCCNC(=O)CCNC(=O)[C@H](O)C(C)(C)COP(=O)([O-])OP(=O)([O-])OC[C@H]1O[C@@H](n2cnc3c(N)ncnc32)[C@H](O)[C@@H]1OP(=O)([O-])[O-]. The molecule has 0 aliphatic carbocycles. The fourth-order valence-corrected chi connectivity index (χ4v) is 9.44. The number of nitrogens with one attached hydrogen (secondary N) is 2. The molecule has 1 saturated heterocycles. The van der Waals surface area contributed by atoms with Crippen molar-refractivity contribution in [2.75, 3.05) is 37.8 Å². The molecule has 3 rings (SSSR count). The number of fused-ring (bicyclic) bond motifs is 1. The van der Waals surface area contributed by atoms with Crippen molar-refractivity contribution in [1.29, 1.82) is 0 Å². The molecule has 24 nitrogen and oxygen atoms in total. The second kappa shape index (κ2) is 25.9. The first-order chi connectivity index (χ1) is 29.6. The Bertz CT molecular complexity index is 1970. The lowest BCUT2D eigenvalue weighted by molar-refractivity contribution is -0.347. The van der Waals surface area contributed by atoms with Gasteiger partial charge in [-0.2, -0.15) is 0 Å². The van der Waals surface area contributed by atoms with E-state index in [9.17, 15) is 57.9 Å². The van der Waals surface area contributed by atoms with E-state index in [0.717, 1.165) is 48.2 Å². The summed E-state index contributed by atoms with van der Waals surface area (Å²) in [5, 5.41) is 26.4. The number of allylic oxidation sites excluding steroid dienone is 2. The van der Waals surface area contributed by atoms with Crippen molar-refractivity contribution in [3.05, 3.63) is 24.8 Å². The smallest absolute Gasteiger partial charge is 0.274 e. The van der Waals surface area contributed by atoms with E-state index in [-0.39, 0.29) is 41.6 Å². The molecule has 3 heterocycles. The number of hydrogen-bond donors (Lipinski definition) is 5. The summed E-state index contributed by atoms with van der Waals surface area (Å²) in [4.78, 5) is 96.6. The Balaban J connectivity index is 1.36. The number of aromatic nitrogens is 4. The normalized spacial score (nSPS) is 20.7. The van der Waals surface area contributed by atoms with Crippen LogP contribution in [0, 0.1) is 5.41 Å². The molecule has 0 aromatic carbocycles. The van der Waals surface area contributed by atoms with Gasteiger partial charge in [0.25, 0.3) is 15.6 Å². The van der Waals surface area contributed by atoms with E-state index in [1.165, 1.54) is 52.4 Å². The van der Waals surface area contributed by atoms with Crippen molar-refractivity contribution in [3.8, 4) is 0 Å². The minimum Gasteiger partial charge on any atom is -0.790 e. The number of imidazole rings is 1. The van der Waals surface area contributed by atoms with Crippen LogP contribution in [-0.4, -0.2) is 103 Å². The van der Waals surface area contributed by atoms with Gasteiger partial charge in [-0.05, 0) is 25.7 Å². The molecule has 2 aromatic rings. The van der Waals surface area contributed by atoms with Gasteiger partial charge in [-0.25, -0.2) is 19.3 Å². The number of rotatable bonds is 30. The van der Waals surface area contributed by atoms with Gasteiger partial charge in [-0.15, -0.1) is 0 Å². The maximum Gasteiger partial charge on any atom is 0.274 e. The summed E-state index contributed by atoms with van der Waals surface area (Å²) >= 11 is 1.12. The lowest BCUT2D eigenvalue weighted by Gasteiger charge is -2.36. The molecule has 1 fully saturated rings. The number of aliphatic hydroxyl groups is 2. The number of carbonyl (C=O) groups is 3. The van der Waals surface area contributed by atoms with Crippen LogP contribution in [-0.2, 0) is 50.7 Å². The third kappa shape index (κ3) is 19.4. The monoisotopic (exact) mass is 971 g/mol. The molecule has 0 saturated carbocycles. The number of aliphatic hydroxyl groups excluding tert-OH is 2. The Labute approximate surface area is 368 Å². The lowest BCUT2D eigenvalue weighted by Crippen LogP contribution is -2.46. The Hall–Kier alpha value is -2.70. The number of amides is 2. The third-order valence-corrected chi connectivity index (χ3v) is 13.3. The van der Waals surface area contributed by atoms with Gasteiger partial charge < -0.3 is 69.0 Å². The summed E-state index contributed by atoms with van der Waals surface area (Å²) in [6.45, 7) is 2.34. The van der Waals surface area contributed by atoms with Gasteiger partial charge in [0, 0.05) is 37.1 Å². The van der Waals surface area contributed by atoms with Crippen molar-refractivity contribution >= 4 is 69.1 Å². The minimum atomic E-state index is -5.92. The summed E-state index contributed by atoms with van der Waals surface area (Å²) in [5.41, 5.74) is 4.08. The van der Waals surface area contributed by atoms with Crippen molar-refractivity contribution in [2.24, 2.45) is 5.41 Å². The molecule has 2 aromatic heterocycles. The van der Waals surface area contributed by atoms with Crippen LogP contribution in [0.4, 0.5) is 5.82 Å². The maximum absolute atomic E-state index is 12.6. The molecule has 0 spiro atoms. The quantitative estimate of drug-likeness (QED) is 0.0407. The fraction of sp³-hybridized carbons (Fsp3) is 0.714. The van der Waals surface area contributed by atoms with E-state index in [4.69, 9.17) is 10.5 Å². The molecule has 2 amide bonds. The predicted molar refractivity (Wildman–Crippen MR) is 219 cm³/mol. The Morgan fingerprint density at radius 2 is 1.63 bits per heavy atom. The van der Waals surface area contributed by atoms with E-state index in [1.54, 1.807) is 0 Å². The second-order valence-electron chi connectivity index (χ2n) is 15.1. The summed E-state index contributed by atoms with van der Waals surface area (Å²) in [7, 11) is -17.6. The van der Waals surface area contributed by atoms with Crippen LogP contribution >= 0.6 is 35.2 Å². The van der Waals surface area contributed by atoms with Crippen molar-refractivity contribution in [1.82, 2.24) is 30.2 Å². The zero-order valence-electron chi connectivity index (χ0n) is 35.1. The maximum atomic E-state index is 12.6. The van der Waals surface area contributed by atoms with E-state index in [2.05, 4.69) is 62.5 Å². The van der Waals surface area contributed by atoms with Crippen LogP contribution in [0.2, 0.25) is 0 Å². The Kier molecular flexibility index (Phi) is 22.4. The minimum absolute atomic E-state index is 0.0196. The Morgan fingerprint density at radius 3 is 2.33 bits per heavy atom. The van der Waals surface area contributed by atoms with Crippen LogP contribution in [0.1, 0.15) is 97.6 Å². The highest BCUT2D eigenvalue weighted by molar-refractivity contribution is 8.13. The zero-order valence-corrected chi connectivity index (χ0v) is 38.6. The second-order valence-corrected chi connectivity index (χ2v) is 20.3. The number of phosphoric acid groups is 3. The van der Waals surface area contributed by atoms with Crippen molar-refractivity contribution in [2.45, 2.75) is 122 Å². The van der Waals surface area contributed by atoms with Gasteiger partial charge in [0.2, 0.25) is 11.8 Å². The average Bonchev–Trinajstić information content (AvgIpc) is 3.76. The number of phosphoric ester groups is 3. The first-order valence-electron chi connectivity index (χ1n) is 20.2. The molecule has 358 valence electrons. The predicted octanol–water partition coefficient (Wildman–Crippen LogP) is 0.614. The number of nitrogen functional groups attached to an aromatic ring is 1. The molecule has 6 N–H and O–H groups in total. The van der Waals surface area contributed by atoms with Crippen LogP contribution in [0.3, 0.4) is 0 Å². The standard InChI is InChI=1S/C35H60N7O17P3S/c1-4-5-6-7-8-9-10-11-12-13-14-15-26(44)63-19-18-37-25(43)16-17-38-33(47)30(46)35(2,3)21-56-62(53,54)59-61(51,52)55-20-24-29(58-60(48,49)50)28(45)34(57-24)42-23-41-27-31(36)39-22-40-32(27)42/h11-12,22-24,28-30,34,45-46H,4-10,13-21H2,1-3H3,(H,37,43)(H,38,47)(H,51,52)(H,53,54)(H2,36,39,40)(H2,48,49,50)/p-4/b12-11+/t24-,28-,29-,30+,34-/m1/s1. The zero-order chi connectivity index (χ0) is 46.8. The summed E-state index contributed by atoms with van der Waals surface area (Å²) in [6, 6.07) is 0. The Morgan fingerprint density at radius 1 is 0.968 bits per heavy atom. The topological polar surface area (TPSA) is 375 Å². The molecular weight excluding hydrogens is 915 g/mol. The van der Waals surface area contributed by atoms with Crippen LogP contribution in [0.5, 0.6) is 0 Å². The summed E-state index contributed by atoms with van der Waals surface area (Å²) < 4.78 is 60.7. The number of hydrogen-bond acceptors (Lipinski definition) is 22. The molecule has 1 aliphatic heterocycles. The highest BCUT2D eigenvalue weighted by Crippen LogP contribution is 2.56. The lowest BCUT2D eigenvalue weighted by atomic mass is 9.87. The van der Waals surface area contributed by atoms with Crippen molar-refractivity contribution in [3.63, 3.8) is 0 Å². The third-order valence-electron chi connectivity index (χ3n) is 9.38. The van der Waals surface area contributed by atoms with Gasteiger partial charge in [0.15, 0.2) is 22.8 Å². The van der Waals surface area contributed by atoms with E-state index >= 15 is 0 Å². The van der Waals surface area contributed by atoms with E-state index in [1.807, 2.05) is 0 Å². The first kappa shape index (κ1) is 54.6. The van der Waals surface area contributed by atoms with E-state index in [0.29, 0.717) is 12.2 Å². The summed E-state index contributed by atoms with van der Waals surface area (Å²) in [6.07, 6.45) is 7.24. The molecular formula is C35H56N7O17P3S-4. The van der Waals surface area contributed by atoms with Crippen LogP contribution in [0.15, 0.2) is 24.8 Å². The summed E-state index contributed by atoms with van der Waals surface area (Å²) in [5.74, 6) is -1.16. The number of nitrogens with two attached hydrogens (primary N) is 1. The number of unbranched alkanes of at least 4 members (excludes halogenated alkanes) is 7. The number of nitrogens with zero attached hydrogens (tertiary/aromatic N) is 4. The fourth-order valence-electron chi connectivity index (χ4n) is 5.99. The number of anilines is 1. The number of thioether (sulfide) groups is 1. The van der Waals surface area contributed by atoms with Gasteiger partial charge in [0.05, 0.1) is 27.4 Å². The number of ether oxygens (including phenoxy) is 1. The highest BCUT2D eigenvalue weighted by atomic mass is 32.2. The van der Waals surface area contributed by atoms with Crippen LogP contribution < -0.4 is 35.9 Å². The molecule has 0 radical (unpaired) electrons. The molecule has 1 aliphatic rings. The molecule has 0 bridgehead atoms. The van der Waals surface area contributed by atoms with Crippen molar-refractivity contribution < 1.29 is 80.5 Å². The van der Waals surface area contributed by atoms with E-state index < -0.39 is 84.6 Å². The number of carbonyl (C=O) groups excluding carboxylic acids is 3. The highest BCUT2D eigenvalue weighted by Gasteiger charge is 2.47. The molecule has 7 atom stereocenters. The van der Waals surface area contributed by atoms with Gasteiger partial charge in [0.1, 0.15) is 36.3 Å². The largest absolute Gasteiger partial charge is 0.790 e. The molecule has 28 heteroatoms. The first-order valence-corrected chi connectivity index (χ1v) is 25.5. The van der Waals surface area contributed by atoms with Crippen LogP contribution in [0.25, 0.3) is 11.2 Å².